The van der Waals surface area contributed by atoms with Crippen LogP contribution in [0.2, 0.25) is 0 Å². The van der Waals surface area contributed by atoms with E-state index in [0.29, 0.717) is 12.2 Å². The maximum absolute atomic E-state index is 12.1. The van der Waals surface area contributed by atoms with E-state index in [0.717, 1.165) is 34.4 Å². The molecular formula is C31H36O4. The molecule has 4 heteroatoms. The molecule has 184 valence electrons. The Morgan fingerprint density at radius 1 is 0.829 bits per heavy atom. The summed E-state index contributed by atoms with van der Waals surface area (Å²) in [7, 11) is 1.62. The first-order valence-electron chi connectivity index (χ1n) is 12.4. The number of hydrogen-bond donors (Lipinski definition) is 0. The average molecular weight is 473 g/mol. The smallest absolute Gasteiger partial charge is 0.338 e. The summed E-state index contributed by atoms with van der Waals surface area (Å²) in [5.74, 6) is 0.453. The number of fused-ring (bicyclic) bond motifs is 1. The van der Waals surface area contributed by atoms with Gasteiger partial charge in [-0.25, -0.2) is 4.79 Å². The van der Waals surface area contributed by atoms with Crippen molar-refractivity contribution in [2.24, 2.45) is 0 Å². The fraction of sp³-hybridized carbons (Fsp3) is 0.387. The van der Waals surface area contributed by atoms with Gasteiger partial charge < -0.3 is 14.2 Å². The van der Waals surface area contributed by atoms with Crippen LogP contribution in [-0.4, -0.2) is 26.5 Å². The lowest BCUT2D eigenvalue weighted by molar-refractivity contribution is 0.0518. The number of rotatable bonds is 7. The average Bonchev–Trinajstić information content (AvgIpc) is 2.85. The maximum atomic E-state index is 12.1. The van der Waals surface area contributed by atoms with Gasteiger partial charge in [-0.05, 0) is 65.0 Å². The molecule has 0 bridgehead atoms. The van der Waals surface area contributed by atoms with Gasteiger partial charge in [0.2, 0.25) is 0 Å². The Hall–Kier alpha value is -3.11. The van der Waals surface area contributed by atoms with Gasteiger partial charge in [0.25, 0.3) is 0 Å². The third kappa shape index (κ3) is 4.99. The topological polar surface area (TPSA) is 44.8 Å². The van der Waals surface area contributed by atoms with Crippen LogP contribution in [0.15, 0.2) is 60.7 Å². The number of para-hydroxylation sites is 1. The van der Waals surface area contributed by atoms with Gasteiger partial charge in [0.1, 0.15) is 5.75 Å². The predicted octanol–water partition coefficient (Wildman–Crippen LogP) is 7.53. The summed E-state index contributed by atoms with van der Waals surface area (Å²) in [6.07, 6.45) is 2.35. The lowest BCUT2D eigenvalue weighted by Gasteiger charge is -2.42. The second-order valence-electron chi connectivity index (χ2n) is 10.6. The van der Waals surface area contributed by atoms with Gasteiger partial charge in [0.15, 0.2) is 6.79 Å². The van der Waals surface area contributed by atoms with E-state index in [1.54, 1.807) is 26.2 Å². The first kappa shape index (κ1) is 25.0. The molecule has 4 rings (SSSR count). The fourth-order valence-electron chi connectivity index (χ4n) is 5.02. The molecule has 0 saturated carbocycles. The molecule has 0 aromatic heterocycles. The number of carbonyl (C=O) groups is 1. The Balaban J connectivity index is 1.81. The second kappa shape index (κ2) is 9.87. The number of carbonyl (C=O) groups excluding carboxylic acids is 1. The number of hydrogen-bond acceptors (Lipinski definition) is 4. The summed E-state index contributed by atoms with van der Waals surface area (Å²) in [5, 5.41) is 0. The van der Waals surface area contributed by atoms with Crippen molar-refractivity contribution in [3.63, 3.8) is 0 Å². The van der Waals surface area contributed by atoms with Crippen LogP contribution in [0.5, 0.6) is 5.75 Å². The Morgan fingerprint density at radius 2 is 1.43 bits per heavy atom. The highest BCUT2D eigenvalue weighted by Crippen LogP contribution is 2.48. The van der Waals surface area contributed by atoms with E-state index in [9.17, 15) is 4.79 Å². The summed E-state index contributed by atoms with van der Waals surface area (Å²) in [6.45, 7) is 11.7. The molecule has 0 unspecified atom stereocenters. The first-order chi connectivity index (χ1) is 16.7. The zero-order chi connectivity index (χ0) is 25.2. The van der Waals surface area contributed by atoms with Crippen molar-refractivity contribution in [1.82, 2.24) is 0 Å². The zero-order valence-electron chi connectivity index (χ0n) is 21.7. The number of benzene rings is 3. The van der Waals surface area contributed by atoms with Crippen LogP contribution in [0.3, 0.4) is 0 Å². The largest absolute Gasteiger partial charge is 0.466 e. The van der Waals surface area contributed by atoms with E-state index in [-0.39, 0.29) is 23.6 Å². The Morgan fingerprint density at radius 3 is 2.06 bits per heavy atom. The standard InChI is InChI=1S/C31H36O4/c1-7-34-29(32)22-13-11-21(12-14-22)24-9-8-10-25(28(24)35-20-33-6)23-15-16-26-27(19-23)31(4,5)18-17-30(26,2)3/h8-16,19H,7,17-18,20H2,1-6H3. The number of esters is 1. The molecule has 1 aliphatic carbocycles. The minimum absolute atomic E-state index is 0.120. The van der Waals surface area contributed by atoms with Crippen molar-refractivity contribution in [1.29, 1.82) is 0 Å². The fourth-order valence-corrected chi connectivity index (χ4v) is 5.02. The highest BCUT2D eigenvalue weighted by molar-refractivity contribution is 5.91. The molecule has 0 saturated heterocycles. The van der Waals surface area contributed by atoms with Gasteiger partial charge in [-0.3, -0.25) is 0 Å². The Labute approximate surface area is 209 Å². The van der Waals surface area contributed by atoms with E-state index >= 15 is 0 Å². The van der Waals surface area contributed by atoms with E-state index in [2.05, 4.69) is 58.0 Å². The van der Waals surface area contributed by atoms with Gasteiger partial charge in [0, 0.05) is 18.2 Å². The third-order valence-corrected chi connectivity index (χ3v) is 7.21. The minimum atomic E-state index is -0.316. The summed E-state index contributed by atoms with van der Waals surface area (Å²) >= 11 is 0. The van der Waals surface area contributed by atoms with Crippen molar-refractivity contribution in [2.75, 3.05) is 20.5 Å². The van der Waals surface area contributed by atoms with Gasteiger partial charge >= 0.3 is 5.97 Å². The second-order valence-corrected chi connectivity index (χ2v) is 10.6. The molecule has 35 heavy (non-hydrogen) atoms. The first-order valence-corrected chi connectivity index (χ1v) is 12.4. The summed E-state index contributed by atoms with van der Waals surface area (Å²) in [5.41, 5.74) is 7.73. The van der Waals surface area contributed by atoms with Crippen LogP contribution in [0.25, 0.3) is 22.3 Å². The van der Waals surface area contributed by atoms with E-state index in [4.69, 9.17) is 14.2 Å². The van der Waals surface area contributed by atoms with Crippen LogP contribution in [-0.2, 0) is 20.3 Å². The molecule has 3 aromatic rings. The number of methoxy groups -OCH3 is 1. The molecule has 0 amide bonds. The molecule has 0 heterocycles. The predicted molar refractivity (Wildman–Crippen MR) is 141 cm³/mol. The summed E-state index contributed by atoms with van der Waals surface area (Å²) in [4.78, 5) is 12.1. The van der Waals surface area contributed by atoms with Gasteiger partial charge in [0.05, 0.1) is 12.2 Å². The van der Waals surface area contributed by atoms with E-state index < -0.39 is 0 Å². The van der Waals surface area contributed by atoms with E-state index in [1.807, 2.05) is 18.2 Å². The Kier molecular flexibility index (Phi) is 7.05. The van der Waals surface area contributed by atoms with Crippen molar-refractivity contribution in [2.45, 2.75) is 58.3 Å². The molecule has 4 nitrogen and oxygen atoms in total. The van der Waals surface area contributed by atoms with E-state index in [1.165, 1.54) is 17.5 Å². The molecule has 0 atom stereocenters. The minimum Gasteiger partial charge on any atom is -0.466 e. The molecule has 0 N–H and O–H groups in total. The molecule has 0 fully saturated rings. The molecule has 3 aromatic carbocycles. The number of ether oxygens (including phenoxy) is 3. The molecule has 0 aliphatic heterocycles. The van der Waals surface area contributed by atoms with Crippen LogP contribution < -0.4 is 4.74 Å². The molecule has 0 spiro atoms. The molecular weight excluding hydrogens is 436 g/mol. The van der Waals surface area contributed by atoms with Crippen LogP contribution >= 0.6 is 0 Å². The highest BCUT2D eigenvalue weighted by Gasteiger charge is 2.37. The quantitative estimate of drug-likeness (QED) is 0.263. The van der Waals surface area contributed by atoms with Crippen molar-refractivity contribution < 1.29 is 19.0 Å². The van der Waals surface area contributed by atoms with Gasteiger partial charge in [-0.15, -0.1) is 0 Å². The van der Waals surface area contributed by atoms with Crippen molar-refractivity contribution in [3.05, 3.63) is 77.4 Å². The van der Waals surface area contributed by atoms with Crippen LogP contribution in [0, 0.1) is 0 Å². The summed E-state index contributed by atoms with van der Waals surface area (Å²) < 4.78 is 16.6. The molecule has 0 radical (unpaired) electrons. The lowest BCUT2D eigenvalue weighted by Crippen LogP contribution is -2.33. The SMILES string of the molecule is CCOC(=O)c1ccc(-c2cccc(-c3ccc4c(c3)C(C)(C)CCC4(C)C)c2OCOC)cc1. The zero-order valence-corrected chi connectivity index (χ0v) is 21.7. The summed E-state index contributed by atoms with van der Waals surface area (Å²) in [6, 6.07) is 20.5. The Bertz CT molecular complexity index is 1210. The third-order valence-electron chi connectivity index (χ3n) is 7.21. The lowest BCUT2D eigenvalue weighted by atomic mass is 9.63. The van der Waals surface area contributed by atoms with Crippen LogP contribution in [0.1, 0.15) is 68.9 Å². The molecule has 1 aliphatic rings. The van der Waals surface area contributed by atoms with Gasteiger partial charge in [-0.2, -0.15) is 0 Å². The van der Waals surface area contributed by atoms with Crippen molar-refractivity contribution in [3.8, 4) is 28.0 Å². The van der Waals surface area contributed by atoms with Gasteiger partial charge in [-0.1, -0.05) is 76.2 Å². The van der Waals surface area contributed by atoms with Crippen LogP contribution in [0.4, 0.5) is 0 Å². The van der Waals surface area contributed by atoms with Crippen molar-refractivity contribution >= 4 is 5.97 Å². The highest BCUT2D eigenvalue weighted by atomic mass is 16.7. The monoisotopic (exact) mass is 472 g/mol. The normalized spacial score (nSPS) is 15.8. The maximum Gasteiger partial charge on any atom is 0.338 e.